The second-order valence-electron chi connectivity index (χ2n) is 7.26. The van der Waals surface area contributed by atoms with Crippen LogP contribution in [0.1, 0.15) is 15.9 Å². The Bertz CT molecular complexity index is 1330. The largest absolute Gasteiger partial charge is 0.493 e. The van der Waals surface area contributed by atoms with Crippen LogP contribution in [0.15, 0.2) is 60.7 Å². The number of hydrogen-bond donors (Lipinski definition) is 0. The smallest absolute Gasteiger partial charge is 0.339 e. The van der Waals surface area contributed by atoms with Gasteiger partial charge in [-0.25, -0.2) is 14.2 Å². The third-order valence-electron chi connectivity index (χ3n) is 5.31. The van der Waals surface area contributed by atoms with Crippen molar-refractivity contribution in [3.05, 3.63) is 82.6 Å². The summed E-state index contributed by atoms with van der Waals surface area (Å²) in [5.74, 6) is 0.163. The van der Waals surface area contributed by atoms with Crippen LogP contribution in [0, 0.1) is 5.82 Å². The van der Waals surface area contributed by atoms with E-state index in [1.54, 1.807) is 36.4 Å². The van der Waals surface area contributed by atoms with Gasteiger partial charge >= 0.3 is 5.97 Å². The van der Waals surface area contributed by atoms with Crippen molar-refractivity contribution in [3.63, 3.8) is 0 Å². The van der Waals surface area contributed by atoms with E-state index < -0.39 is 11.8 Å². The van der Waals surface area contributed by atoms with Gasteiger partial charge in [0.2, 0.25) is 5.75 Å². The molecule has 0 N–H and O–H groups in total. The lowest BCUT2D eigenvalue weighted by molar-refractivity contribution is 0.0471. The first-order valence-corrected chi connectivity index (χ1v) is 10.6. The van der Waals surface area contributed by atoms with Gasteiger partial charge in [0, 0.05) is 16.5 Å². The Labute approximate surface area is 200 Å². The molecule has 0 amide bonds. The number of ether oxygens (including phenoxy) is 4. The summed E-state index contributed by atoms with van der Waals surface area (Å²) in [6, 6.07) is 16.6. The summed E-state index contributed by atoms with van der Waals surface area (Å²) >= 11 is 6.07. The predicted molar refractivity (Wildman–Crippen MR) is 127 cm³/mol. The molecular formula is C26H21ClFNO5. The number of carbonyl (C=O) groups is 1. The number of esters is 1. The molecule has 1 heterocycles. The maximum atomic E-state index is 14.1. The van der Waals surface area contributed by atoms with Crippen LogP contribution < -0.4 is 14.2 Å². The van der Waals surface area contributed by atoms with Crippen LogP contribution in [0.5, 0.6) is 17.2 Å². The molecule has 174 valence electrons. The molecule has 0 atom stereocenters. The molecule has 6 nitrogen and oxygen atoms in total. The maximum Gasteiger partial charge on any atom is 0.339 e. The van der Waals surface area contributed by atoms with Crippen molar-refractivity contribution >= 4 is 28.5 Å². The van der Waals surface area contributed by atoms with Crippen LogP contribution in [0.3, 0.4) is 0 Å². The number of aromatic nitrogens is 1. The van der Waals surface area contributed by atoms with Gasteiger partial charge in [-0.15, -0.1) is 0 Å². The lowest BCUT2D eigenvalue weighted by atomic mass is 10.0. The minimum Gasteiger partial charge on any atom is -0.493 e. The van der Waals surface area contributed by atoms with Gasteiger partial charge in [-0.05, 0) is 36.4 Å². The minimum absolute atomic E-state index is 0.112. The molecule has 34 heavy (non-hydrogen) atoms. The topological polar surface area (TPSA) is 66.9 Å². The summed E-state index contributed by atoms with van der Waals surface area (Å²) in [4.78, 5) is 17.8. The fourth-order valence-electron chi connectivity index (χ4n) is 3.61. The number of rotatable bonds is 7. The second kappa shape index (κ2) is 9.97. The lowest BCUT2D eigenvalue weighted by Crippen LogP contribution is -2.08. The summed E-state index contributed by atoms with van der Waals surface area (Å²) in [6.45, 7) is -0.305. The van der Waals surface area contributed by atoms with E-state index in [4.69, 9.17) is 35.5 Å². The molecule has 0 radical (unpaired) electrons. The molecule has 0 bridgehead atoms. The van der Waals surface area contributed by atoms with E-state index in [2.05, 4.69) is 0 Å². The molecule has 3 aromatic carbocycles. The monoisotopic (exact) mass is 481 g/mol. The zero-order valence-electron chi connectivity index (χ0n) is 18.7. The average Bonchev–Trinajstić information content (AvgIpc) is 2.86. The number of carbonyl (C=O) groups excluding carboxylic acids is 1. The first kappa shape index (κ1) is 23.3. The SMILES string of the molecule is COc1cc(-c2cc(C(=O)OCc3c(F)cccc3Cl)c3ccccc3n2)cc(OC)c1OC. The Morgan fingerprint density at radius 1 is 0.941 bits per heavy atom. The Morgan fingerprint density at radius 2 is 1.65 bits per heavy atom. The van der Waals surface area contributed by atoms with Crippen molar-refractivity contribution in [2.24, 2.45) is 0 Å². The molecular weight excluding hydrogens is 461 g/mol. The van der Waals surface area contributed by atoms with Crippen LogP contribution in [-0.2, 0) is 11.3 Å². The zero-order chi connectivity index (χ0) is 24.2. The zero-order valence-corrected chi connectivity index (χ0v) is 19.5. The Hall–Kier alpha value is -3.84. The van der Waals surface area contributed by atoms with Crippen LogP contribution in [0.25, 0.3) is 22.2 Å². The fourth-order valence-corrected chi connectivity index (χ4v) is 3.82. The first-order chi connectivity index (χ1) is 16.5. The van der Waals surface area contributed by atoms with Gasteiger partial charge in [0.15, 0.2) is 11.5 Å². The van der Waals surface area contributed by atoms with Gasteiger partial charge in [-0.1, -0.05) is 35.9 Å². The van der Waals surface area contributed by atoms with Crippen molar-refractivity contribution in [3.8, 4) is 28.5 Å². The molecule has 0 saturated carbocycles. The Morgan fingerprint density at radius 3 is 2.29 bits per heavy atom. The highest BCUT2D eigenvalue weighted by Crippen LogP contribution is 2.41. The van der Waals surface area contributed by atoms with E-state index in [0.717, 1.165) is 0 Å². The molecule has 1 aromatic heterocycles. The van der Waals surface area contributed by atoms with E-state index in [9.17, 15) is 9.18 Å². The van der Waals surface area contributed by atoms with E-state index in [1.807, 2.05) is 6.07 Å². The highest BCUT2D eigenvalue weighted by Gasteiger charge is 2.19. The quantitative estimate of drug-likeness (QED) is 0.298. The first-order valence-electron chi connectivity index (χ1n) is 10.3. The van der Waals surface area contributed by atoms with Crippen LogP contribution in [0.4, 0.5) is 4.39 Å². The molecule has 0 fully saturated rings. The maximum absolute atomic E-state index is 14.1. The van der Waals surface area contributed by atoms with E-state index in [1.165, 1.54) is 39.5 Å². The molecule has 0 aliphatic rings. The van der Waals surface area contributed by atoms with E-state index in [0.29, 0.717) is 39.4 Å². The number of halogens is 2. The highest BCUT2D eigenvalue weighted by molar-refractivity contribution is 6.31. The van der Waals surface area contributed by atoms with Crippen LogP contribution in [0.2, 0.25) is 5.02 Å². The van der Waals surface area contributed by atoms with Gasteiger partial charge in [-0.3, -0.25) is 0 Å². The van der Waals surface area contributed by atoms with Crippen LogP contribution in [-0.4, -0.2) is 32.3 Å². The fraction of sp³-hybridized carbons (Fsp3) is 0.154. The van der Waals surface area contributed by atoms with Crippen molar-refractivity contribution in [2.75, 3.05) is 21.3 Å². The number of pyridine rings is 1. The van der Waals surface area contributed by atoms with Crippen LogP contribution >= 0.6 is 11.6 Å². The molecule has 0 saturated heterocycles. The number of benzene rings is 3. The number of hydrogen-bond acceptors (Lipinski definition) is 6. The molecule has 0 aliphatic heterocycles. The van der Waals surface area contributed by atoms with E-state index in [-0.39, 0.29) is 22.8 Å². The molecule has 0 unspecified atom stereocenters. The predicted octanol–water partition coefficient (Wildman–Crippen LogP) is 6.08. The summed E-state index contributed by atoms with van der Waals surface area (Å²) in [6.07, 6.45) is 0. The minimum atomic E-state index is -0.633. The molecule has 8 heteroatoms. The second-order valence-corrected chi connectivity index (χ2v) is 7.67. The number of fused-ring (bicyclic) bond motifs is 1. The average molecular weight is 482 g/mol. The van der Waals surface area contributed by atoms with Gasteiger partial charge in [-0.2, -0.15) is 0 Å². The third kappa shape index (κ3) is 4.47. The Balaban J connectivity index is 1.78. The van der Waals surface area contributed by atoms with Crippen molar-refractivity contribution in [1.82, 2.24) is 4.98 Å². The number of para-hydroxylation sites is 1. The third-order valence-corrected chi connectivity index (χ3v) is 5.66. The summed E-state index contributed by atoms with van der Waals surface area (Å²) in [7, 11) is 4.56. The summed E-state index contributed by atoms with van der Waals surface area (Å²) < 4.78 is 35.8. The lowest BCUT2D eigenvalue weighted by Gasteiger charge is -2.15. The molecule has 4 rings (SSSR count). The number of methoxy groups -OCH3 is 3. The van der Waals surface area contributed by atoms with Crippen molar-refractivity contribution < 1.29 is 28.1 Å². The van der Waals surface area contributed by atoms with Crippen molar-refractivity contribution in [2.45, 2.75) is 6.61 Å². The Kier molecular flexibility index (Phi) is 6.84. The number of nitrogens with zero attached hydrogens (tertiary/aromatic N) is 1. The van der Waals surface area contributed by atoms with Gasteiger partial charge < -0.3 is 18.9 Å². The summed E-state index contributed by atoms with van der Waals surface area (Å²) in [5.41, 5.74) is 2.12. The van der Waals surface area contributed by atoms with E-state index >= 15 is 0 Å². The van der Waals surface area contributed by atoms with Crippen molar-refractivity contribution in [1.29, 1.82) is 0 Å². The molecule has 0 spiro atoms. The summed E-state index contributed by atoms with van der Waals surface area (Å²) in [5, 5.41) is 0.786. The van der Waals surface area contributed by atoms with Gasteiger partial charge in [0.05, 0.1) is 43.1 Å². The standard InChI is InChI=1S/C26H21ClFNO5/c1-31-23-11-15(12-24(32-2)25(23)33-3)22-13-17(16-7-4-5-10-21(16)29-22)26(30)34-14-18-19(27)8-6-9-20(18)28/h4-13H,14H2,1-3H3. The normalized spacial score (nSPS) is 10.7. The molecule has 0 aliphatic carbocycles. The highest BCUT2D eigenvalue weighted by atomic mass is 35.5. The van der Waals surface area contributed by atoms with Gasteiger partial charge in [0.1, 0.15) is 12.4 Å². The molecule has 4 aromatic rings. The van der Waals surface area contributed by atoms with Gasteiger partial charge in [0.25, 0.3) is 0 Å².